The summed E-state index contributed by atoms with van der Waals surface area (Å²) in [6.07, 6.45) is -0.694. The summed E-state index contributed by atoms with van der Waals surface area (Å²) in [5.41, 5.74) is -0.158. The van der Waals surface area contributed by atoms with Crippen molar-refractivity contribution in [3.63, 3.8) is 0 Å². The molecule has 0 spiro atoms. The third-order valence-electron chi connectivity index (χ3n) is 4.55. The molecule has 0 aliphatic rings. The van der Waals surface area contributed by atoms with Crippen LogP contribution in [-0.4, -0.2) is 42.8 Å². The highest BCUT2D eigenvalue weighted by atomic mass is 19.1. The van der Waals surface area contributed by atoms with Crippen LogP contribution in [0.5, 0.6) is 0 Å². The van der Waals surface area contributed by atoms with Crippen molar-refractivity contribution in [2.24, 2.45) is 0 Å². The molecule has 2 amide bonds. The quantitative estimate of drug-likeness (QED) is 0.656. The lowest BCUT2D eigenvalue weighted by Crippen LogP contribution is -2.54. The van der Waals surface area contributed by atoms with E-state index < -0.39 is 41.5 Å². The van der Waals surface area contributed by atoms with E-state index in [0.29, 0.717) is 0 Å². The molecule has 8 heteroatoms. The molecule has 7 nitrogen and oxygen atoms in total. The molecule has 0 heterocycles. The van der Waals surface area contributed by atoms with Gasteiger partial charge in [-0.2, -0.15) is 0 Å². The molecule has 0 unspecified atom stereocenters. The molecule has 0 radical (unpaired) electrons. The van der Waals surface area contributed by atoms with Crippen molar-refractivity contribution < 1.29 is 28.2 Å². The third-order valence-corrected chi connectivity index (χ3v) is 4.55. The zero-order valence-electron chi connectivity index (χ0n) is 18.9. The number of hydrogen-bond acceptors (Lipinski definition) is 5. The zero-order chi connectivity index (χ0) is 23.9. The standard InChI is InChI=1S/C24H29FN2O5/c1-16(21(28)26-19(22(29)31-5)15-17-11-7-6-8-12-17)27(23(30)32-24(2,3)4)20-14-10-9-13-18(20)25/h6-14,16,19H,15H2,1-5H3,(H,26,28)/t16-,19-/m1/s1. The van der Waals surface area contributed by atoms with Gasteiger partial charge in [-0.1, -0.05) is 42.5 Å². The molecular formula is C24H29FN2O5. The topological polar surface area (TPSA) is 84.9 Å². The van der Waals surface area contributed by atoms with Gasteiger partial charge in [0.05, 0.1) is 12.8 Å². The summed E-state index contributed by atoms with van der Waals surface area (Å²) in [5.74, 6) is -1.98. The highest BCUT2D eigenvalue weighted by Crippen LogP contribution is 2.24. The Kier molecular flexibility index (Phi) is 8.34. The highest BCUT2D eigenvalue weighted by molar-refractivity contribution is 5.98. The fraction of sp³-hybridized carbons (Fsp3) is 0.375. The minimum atomic E-state index is -1.18. The molecular weight excluding hydrogens is 415 g/mol. The minimum Gasteiger partial charge on any atom is -0.467 e. The summed E-state index contributed by atoms with van der Waals surface area (Å²) in [7, 11) is 1.22. The van der Waals surface area contributed by atoms with Crippen molar-refractivity contribution in [3.05, 3.63) is 66.0 Å². The van der Waals surface area contributed by atoms with Crippen LogP contribution in [0.2, 0.25) is 0 Å². The van der Waals surface area contributed by atoms with Gasteiger partial charge in [0.25, 0.3) is 0 Å². The Morgan fingerprint density at radius 3 is 2.19 bits per heavy atom. The Morgan fingerprint density at radius 2 is 1.62 bits per heavy atom. The second-order valence-electron chi connectivity index (χ2n) is 8.25. The first-order valence-electron chi connectivity index (χ1n) is 10.2. The Labute approximate surface area is 187 Å². The number of carbonyl (C=O) groups is 3. The first-order valence-corrected chi connectivity index (χ1v) is 10.2. The van der Waals surface area contributed by atoms with Gasteiger partial charge in [-0.05, 0) is 45.4 Å². The number of carbonyl (C=O) groups excluding carboxylic acids is 3. The molecule has 1 N–H and O–H groups in total. The first kappa shape index (κ1) is 24.8. The highest BCUT2D eigenvalue weighted by Gasteiger charge is 2.34. The third kappa shape index (κ3) is 6.80. The van der Waals surface area contributed by atoms with Gasteiger partial charge in [-0.15, -0.1) is 0 Å². The Hall–Kier alpha value is -3.42. The number of benzene rings is 2. The average molecular weight is 445 g/mol. The van der Waals surface area contributed by atoms with Crippen molar-refractivity contribution in [1.29, 1.82) is 0 Å². The molecule has 0 aliphatic heterocycles. The van der Waals surface area contributed by atoms with Gasteiger partial charge in [-0.3, -0.25) is 9.69 Å². The van der Waals surface area contributed by atoms with Gasteiger partial charge >= 0.3 is 12.1 Å². The number of halogens is 1. The van der Waals surface area contributed by atoms with Crippen LogP contribution in [-0.2, 0) is 25.5 Å². The van der Waals surface area contributed by atoms with Gasteiger partial charge in [0, 0.05) is 6.42 Å². The average Bonchev–Trinajstić information content (AvgIpc) is 2.73. The van der Waals surface area contributed by atoms with Crippen molar-refractivity contribution in [3.8, 4) is 0 Å². The van der Waals surface area contributed by atoms with Gasteiger partial charge in [-0.25, -0.2) is 14.0 Å². The molecule has 0 saturated heterocycles. The van der Waals surface area contributed by atoms with Crippen LogP contribution >= 0.6 is 0 Å². The van der Waals surface area contributed by atoms with Crippen LogP contribution < -0.4 is 10.2 Å². The second-order valence-corrected chi connectivity index (χ2v) is 8.25. The van der Waals surface area contributed by atoms with E-state index in [9.17, 15) is 18.8 Å². The summed E-state index contributed by atoms with van der Waals surface area (Å²) < 4.78 is 24.8. The molecule has 2 aromatic carbocycles. The number of nitrogens with zero attached hydrogens (tertiary/aromatic N) is 1. The number of amides is 2. The molecule has 0 fully saturated rings. The summed E-state index contributed by atoms with van der Waals surface area (Å²) in [4.78, 5) is 39.2. The van der Waals surface area contributed by atoms with E-state index in [1.165, 1.54) is 32.2 Å². The maximum Gasteiger partial charge on any atom is 0.415 e. The minimum absolute atomic E-state index is 0.109. The Bertz CT molecular complexity index is 943. The van der Waals surface area contributed by atoms with E-state index in [1.54, 1.807) is 26.8 Å². The monoisotopic (exact) mass is 444 g/mol. The second kappa shape index (κ2) is 10.7. The predicted octanol–water partition coefficient (Wildman–Crippen LogP) is 3.86. The smallest absolute Gasteiger partial charge is 0.415 e. The normalized spacial score (nSPS) is 12.9. The van der Waals surface area contributed by atoms with Gasteiger partial charge in [0.1, 0.15) is 23.5 Å². The van der Waals surface area contributed by atoms with Crippen LogP contribution in [0.1, 0.15) is 33.3 Å². The number of para-hydroxylation sites is 1. The molecule has 32 heavy (non-hydrogen) atoms. The lowest BCUT2D eigenvalue weighted by molar-refractivity contribution is -0.145. The molecule has 0 bridgehead atoms. The van der Waals surface area contributed by atoms with E-state index in [-0.39, 0.29) is 12.1 Å². The molecule has 2 rings (SSSR count). The van der Waals surface area contributed by atoms with Gasteiger partial charge < -0.3 is 14.8 Å². The van der Waals surface area contributed by atoms with E-state index in [1.807, 2.05) is 30.3 Å². The first-order chi connectivity index (χ1) is 15.0. The summed E-state index contributed by atoms with van der Waals surface area (Å²) >= 11 is 0. The van der Waals surface area contributed by atoms with E-state index in [0.717, 1.165) is 10.5 Å². The maximum atomic E-state index is 14.5. The molecule has 0 aromatic heterocycles. The van der Waals surface area contributed by atoms with Crippen molar-refractivity contribution in [1.82, 2.24) is 5.32 Å². The zero-order valence-corrected chi connectivity index (χ0v) is 18.9. The maximum absolute atomic E-state index is 14.5. The molecule has 2 atom stereocenters. The predicted molar refractivity (Wildman–Crippen MR) is 119 cm³/mol. The van der Waals surface area contributed by atoms with Crippen LogP contribution in [0, 0.1) is 5.82 Å². The van der Waals surface area contributed by atoms with Gasteiger partial charge in [0.2, 0.25) is 5.91 Å². The number of anilines is 1. The summed E-state index contributed by atoms with van der Waals surface area (Å²) in [6.45, 7) is 6.44. The lowest BCUT2D eigenvalue weighted by atomic mass is 10.1. The molecule has 0 aliphatic carbocycles. The van der Waals surface area contributed by atoms with E-state index in [4.69, 9.17) is 9.47 Å². The van der Waals surface area contributed by atoms with E-state index in [2.05, 4.69) is 5.32 Å². The number of hydrogen-bond donors (Lipinski definition) is 1. The SMILES string of the molecule is COC(=O)[C@@H](Cc1ccccc1)NC(=O)[C@@H](C)N(C(=O)OC(C)(C)C)c1ccccc1F. The van der Waals surface area contributed by atoms with Crippen molar-refractivity contribution in [2.75, 3.05) is 12.0 Å². The van der Waals surface area contributed by atoms with Gasteiger partial charge in [0.15, 0.2) is 0 Å². The van der Waals surface area contributed by atoms with Crippen LogP contribution in [0.3, 0.4) is 0 Å². The summed E-state index contributed by atoms with van der Waals surface area (Å²) in [5, 5.41) is 2.62. The van der Waals surface area contributed by atoms with Crippen molar-refractivity contribution in [2.45, 2.75) is 51.8 Å². The fourth-order valence-electron chi connectivity index (χ4n) is 3.02. The number of ether oxygens (including phenoxy) is 2. The summed E-state index contributed by atoms with van der Waals surface area (Å²) in [6, 6.07) is 12.5. The number of esters is 1. The Morgan fingerprint density at radius 1 is 1.03 bits per heavy atom. The fourth-order valence-corrected chi connectivity index (χ4v) is 3.02. The largest absolute Gasteiger partial charge is 0.467 e. The van der Waals surface area contributed by atoms with Crippen LogP contribution in [0.4, 0.5) is 14.9 Å². The molecule has 0 saturated carbocycles. The number of rotatable bonds is 7. The van der Waals surface area contributed by atoms with Crippen molar-refractivity contribution >= 4 is 23.7 Å². The lowest BCUT2D eigenvalue weighted by Gasteiger charge is -2.32. The molecule has 172 valence electrons. The number of methoxy groups -OCH3 is 1. The van der Waals surface area contributed by atoms with Crippen LogP contribution in [0.15, 0.2) is 54.6 Å². The van der Waals surface area contributed by atoms with Crippen LogP contribution in [0.25, 0.3) is 0 Å². The van der Waals surface area contributed by atoms with E-state index >= 15 is 0 Å². The molecule has 2 aromatic rings. The Balaban J connectivity index is 2.31. The number of nitrogens with one attached hydrogen (secondary N) is 1.